The van der Waals surface area contributed by atoms with Crippen LogP contribution in [0.3, 0.4) is 0 Å². The zero-order chi connectivity index (χ0) is 14.7. The monoisotopic (exact) mass is 272 g/mol. The minimum atomic E-state index is -0.328. The number of nitrogens with zero attached hydrogens (tertiary/aromatic N) is 1. The summed E-state index contributed by atoms with van der Waals surface area (Å²) in [7, 11) is 1.96. The highest BCUT2D eigenvalue weighted by Gasteiger charge is 2.15. The van der Waals surface area contributed by atoms with E-state index in [9.17, 15) is 4.39 Å². The zero-order valence-electron chi connectivity index (χ0n) is 12.2. The van der Waals surface area contributed by atoms with Crippen molar-refractivity contribution >= 4 is 5.69 Å². The van der Waals surface area contributed by atoms with Crippen molar-refractivity contribution in [3.8, 4) is 0 Å². The minimum absolute atomic E-state index is 0.242. The van der Waals surface area contributed by atoms with Crippen molar-refractivity contribution in [1.82, 2.24) is 0 Å². The second kappa shape index (κ2) is 6.06. The van der Waals surface area contributed by atoms with E-state index in [0.717, 1.165) is 12.2 Å². The summed E-state index contributed by atoms with van der Waals surface area (Å²) in [6.07, 6.45) is 0. The predicted molar refractivity (Wildman–Crippen MR) is 82.3 cm³/mol. The molecule has 0 aliphatic carbocycles. The standard InChI is InChI=1S/C17H21FN2/c1-12-6-4-7-14(10-12)11-20(3)16-9-5-8-15(18)17(16)13(2)19/h4-10,13H,11,19H2,1-3H3. The molecule has 0 saturated carbocycles. The van der Waals surface area contributed by atoms with E-state index in [1.54, 1.807) is 6.07 Å². The molecule has 0 aliphatic rings. The third kappa shape index (κ3) is 3.17. The Hall–Kier alpha value is -1.87. The van der Waals surface area contributed by atoms with E-state index in [-0.39, 0.29) is 11.9 Å². The largest absolute Gasteiger partial charge is 0.370 e. The zero-order valence-corrected chi connectivity index (χ0v) is 12.2. The summed E-state index contributed by atoms with van der Waals surface area (Å²) in [6, 6.07) is 13.1. The Morgan fingerprint density at radius 1 is 1.20 bits per heavy atom. The van der Waals surface area contributed by atoms with Gasteiger partial charge in [0, 0.05) is 30.9 Å². The lowest BCUT2D eigenvalue weighted by molar-refractivity contribution is 0.592. The second-order valence-corrected chi connectivity index (χ2v) is 5.31. The van der Waals surface area contributed by atoms with Crippen molar-refractivity contribution in [3.63, 3.8) is 0 Å². The van der Waals surface area contributed by atoms with Gasteiger partial charge in [-0.1, -0.05) is 35.9 Å². The quantitative estimate of drug-likeness (QED) is 0.917. The van der Waals surface area contributed by atoms with Gasteiger partial charge in [0.1, 0.15) is 5.82 Å². The van der Waals surface area contributed by atoms with Crippen LogP contribution in [0.2, 0.25) is 0 Å². The molecular weight excluding hydrogens is 251 g/mol. The first-order chi connectivity index (χ1) is 9.49. The Kier molecular flexibility index (Phi) is 4.40. The maximum absolute atomic E-state index is 14.0. The average molecular weight is 272 g/mol. The van der Waals surface area contributed by atoms with Crippen LogP contribution in [-0.2, 0) is 6.54 Å². The molecule has 0 radical (unpaired) electrons. The van der Waals surface area contributed by atoms with Crippen molar-refractivity contribution in [2.24, 2.45) is 5.73 Å². The highest BCUT2D eigenvalue weighted by Crippen LogP contribution is 2.28. The summed E-state index contributed by atoms with van der Waals surface area (Å²) >= 11 is 0. The summed E-state index contributed by atoms with van der Waals surface area (Å²) in [4.78, 5) is 2.04. The maximum atomic E-state index is 14.0. The van der Waals surface area contributed by atoms with Crippen molar-refractivity contribution < 1.29 is 4.39 Å². The maximum Gasteiger partial charge on any atom is 0.130 e. The van der Waals surface area contributed by atoms with Gasteiger partial charge in [-0.25, -0.2) is 4.39 Å². The lowest BCUT2D eigenvalue weighted by Gasteiger charge is -2.24. The van der Waals surface area contributed by atoms with Crippen molar-refractivity contribution in [3.05, 3.63) is 65.0 Å². The molecule has 2 rings (SSSR count). The molecule has 0 spiro atoms. The molecule has 0 saturated heterocycles. The van der Waals surface area contributed by atoms with Gasteiger partial charge < -0.3 is 10.6 Å². The molecule has 2 N–H and O–H groups in total. The summed E-state index contributed by atoms with van der Waals surface area (Å²) in [5.74, 6) is -0.242. The fraction of sp³-hybridized carbons (Fsp3) is 0.294. The van der Waals surface area contributed by atoms with Crippen LogP contribution in [0.25, 0.3) is 0 Å². The molecule has 2 aromatic rings. The topological polar surface area (TPSA) is 29.3 Å². The predicted octanol–water partition coefficient (Wildman–Crippen LogP) is 3.79. The lowest BCUT2D eigenvalue weighted by atomic mass is 10.0. The number of aryl methyl sites for hydroxylation is 1. The van der Waals surface area contributed by atoms with Gasteiger partial charge in [-0.15, -0.1) is 0 Å². The Morgan fingerprint density at radius 3 is 2.55 bits per heavy atom. The molecule has 3 heteroatoms. The molecule has 106 valence electrons. The van der Waals surface area contributed by atoms with Crippen LogP contribution in [0, 0.1) is 12.7 Å². The summed E-state index contributed by atoms with van der Waals surface area (Å²) in [6.45, 7) is 4.60. The van der Waals surface area contributed by atoms with E-state index in [1.807, 2.05) is 31.0 Å². The Bertz CT molecular complexity index is 593. The molecule has 1 unspecified atom stereocenters. The molecule has 0 amide bonds. The highest BCUT2D eigenvalue weighted by atomic mass is 19.1. The Labute approximate surface area is 120 Å². The number of anilines is 1. The van der Waals surface area contributed by atoms with Crippen LogP contribution in [0.1, 0.15) is 29.7 Å². The number of halogens is 1. The first-order valence-electron chi connectivity index (χ1n) is 6.79. The van der Waals surface area contributed by atoms with Crippen molar-refractivity contribution in [2.75, 3.05) is 11.9 Å². The molecule has 2 aromatic carbocycles. The molecule has 0 bridgehead atoms. The molecule has 1 atom stereocenters. The normalized spacial score (nSPS) is 12.2. The van der Waals surface area contributed by atoms with E-state index in [1.165, 1.54) is 17.2 Å². The van der Waals surface area contributed by atoms with Gasteiger partial charge in [0.2, 0.25) is 0 Å². The van der Waals surface area contributed by atoms with E-state index in [4.69, 9.17) is 5.73 Å². The molecule has 0 fully saturated rings. The first kappa shape index (κ1) is 14.5. The third-order valence-electron chi connectivity index (χ3n) is 3.40. The SMILES string of the molecule is Cc1cccc(CN(C)c2cccc(F)c2C(C)N)c1. The Balaban J connectivity index is 2.30. The summed E-state index contributed by atoms with van der Waals surface area (Å²) in [5.41, 5.74) is 9.75. The van der Waals surface area contributed by atoms with Crippen LogP contribution >= 0.6 is 0 Å². The molecule has 20 heavy (non-hydrogen) atoms. The summed E-state index contributed by atoms with van der Waals surface area (Å²) in [5, 5.41) is 0. The molecular formula is C17H21FN2. The van der Waals surface area contributed by atoms with Crippen LogP contribution < -0.4 is 10.6 Å². The lowest BCUT2D eigenvalue weighted by Crippen LogP contribution is -2.21. The number of benzene rings is 2. The van der Waals surface area contributed by atoms with Gasteiger partial charge in [0.15, 0.2) is 0 Å². The number of hydrogen-bond donors (Lipinski definition) is 1. The second-order valence-electron chi connectivity index (χ2n) is 5.31. The minimum Gasteiger partial charge on any atom is -0.370 e. The van der Waals surface area contributed by atoms with Crippen LogP contribution in [0.4, 0.5) is 10.1 Å². The van der Waals surface area contributed by atoms with Gasteiger partial charge >= 0.3 is 0 Å². The molecule has 0 aromatic heterocycles. The fourth-order valence-electron chi connectivity index (χ4n) is 2.48. The van der Waals surface area contributed by atoms with Crippen LogP contribution in [0.5, 0.6) is 0 Å². The van der Waals surface area contributed by atoms with E-state index in [2.05, 4.69) is 25.1 Å². The fourth-order valence-corrected chi connectivity index (χ4v) is 2.48. The summed E-state index contributed by atoms with van der Waals surface area (Å²) < 4.78 is 14.0. The van der Waals surface area contributed by atoms with Crippen LogP contribution in [-0.4, -0.2) is 7.05 Å². The van der Waals surface area contributed by atoms with Crippen LogP contribution in [0.15, 0.2) is 42.5 Å². The Morgan fingerprint density at radius 2 is 1.90 bits per heavy atom. The number of rotatable bonds is 4. The van der Waals surface area contributed by atoms with Gasteiger partial charge in [0.25, 0.3) is 0 Å². The first-order valence-corrected chi connectivity index (χ1v) is 6.79. The van der Waals surface area contributed by atoms with E-state index < -0.39 is 0 Å². The molecule has 0 aliphatic heterocycles. The smallest absolute Gasteiger partial charge is 0.130 e. The third-order valence-corrected chi connectivity index (χ3v) is 3.40. The van der Waals surface area contributed by atoms with Gasteiger partial charge in [-0.2, -0.15) is 0 Å². The van der Waals surface area contributed by atoms with E-state index >= 15 is 0 Å². The van der Waals surface area contributed by atoms with Crippen molar-refractivity contribution in [1.29, 1.82) is 0 Å². The van der Waals surface area contributed by atoms with Crippen molar-refractivity contribution in [2.45, 2.75) is 26.4 Å². The van der Waals surface area contributed by atoms with Gasteiger partial charge in [0.05, 0.1) is 0 Å². The highest BCUT2D eigenvalue weighted by molar-refractivity contribution is 5.55. The molecule has 2 nitrogen and oxygen atoms in total. The average Bonchev–Trinajstić information content (AvgIpc) is 2.37. The molecule has 0 heterocycles. The van der Waals surface area contributed by atoms with E-state index in [0.29, 0.717) is 5.56 Å². The number of nitrogens with two attached hydrogens (primary N) is 1. The van der Waals surface area contributed by atoms with Gasteiger partial charge in [-0.3, -0.25) is 0 Å². The number of hydrogen-bond acceptors (Lipinski definition) is 2. The van der Waals surface area contributed by atoms with Gasteiger partial charge in [-0.05, 0) is 31.5 Å².